The molecule has 0 atom stereocenters. The van der Waals surface area contributed by atoms with Crippen molar-refractivity contribution in [3.05, 3.63) is 211 Å². The number of anilines is 3. The summed E-state index contributed by atoms with van der Waals surface area (Å²) in [4.78, 5) is 2.32. The van der Waals surface area contributed by atoms with Crippen LogP contribution in [0.5, 0.6) is 0 Å². The topological polar surface area (TPSA) is 16.4 Å². The Morgan fingerprint density at radius 1 is 0.423 bits per heavy atom. The van der Waals surface area contributed by atoms with Gasteiger partial charge in [-0.05, 0) is 93.4 Å². The van der Waals surface area contributed by atoms with E-state index < -0.39 is 0 Å². The van der Waals surface area contributed by atoms with Gasteiger partial charge in [0.2, 0.25) is 0 Å². The summed E-state index contributed by atoms with van der Waals surface area (Å²) in [5.74, 6) is 0. The number of hydrogen-bond acceptors (Lipinski definition) is 2. The van der Waals surface area contributed by atoms with Crippen LogP contribution < -0.4 is 4.90 Å². The quantitative estimate of drug-likeness (QED) is 0.176. The van der Waals surface area contributed by atoms with E-state index >= 15 is 0 Å². The molecule has 9 aromatic rings. The molecule has 246 valence electrons. The summed E-state index contributed by atoms with van der Waals surface area (Å²) in [6.07, 6.45) is 0. The van der Waals surface area contributed by atoms with Gasteiger partial charge in [0.15, 0.2) is 5.58 Å². The Labute approximate surface area is 303 Å². The third-order valence-electron chi connectivity index (χ3n) is 11.0. The molecule has 1 aliphatic rings. The summed E-state index contributed by atoms with van der Waals surface area (Å²) in [5.41, 5.74) is 15.8. The number of hydrogen-bond donors (Lipinski definition) is 0. The molecule has 2 heteroatoms. The Morgan fingerprint density at radius 3 is 1.48 bits per heavy atom. The van der Waals surface area contributed by atoms with Crippen LogP contribution in [0.2, 0.25) is 0 Å². The highest BCUT2D eigenvalue weighted by Gasteiger charge is 2.40. The largest absolute Gasteiger partial charge is 0.454 e. The fraction of sp³-hybridized carbons (Fsp3) is 0.0400. The second-order valence-corrected chi connectivity index (χ2v) is 13.8. The van der Waals surface area contributed by atoms with Gasteiger partial charge >= 0.3 is 0 Å². The molecule has 0 unspecified atom stereocenters. The van der Waals surface area contributed by atoms with Crippen molar-refractivity contribution in [2.75, 3.05) is 4.90 Å². The van der Waals surface area contributed by atoms with E-state index in [0.29, 0.717) is 0 Å². The summed E-state index contributed by atoms with van der Waals surface area (Å²) in [5, 5.41) is 2.21. The fourth-order valence-corrected chi connectivity index (χ4v) is 8.33. The lowest BCUT2D eigenvalue weighted by Crippen LogP contribution is -2.22. The first kappa shape index (κ1) is 30.2. The number of rotatable bonds is 6. The lowest BCUT2D eigenvalue weighted by atomic mass is 9.74. The van der Waals surface area contributed by atoms with Crippen LogP contribution in [-0.4, -0.2) is 0 Å². The monoisotopic (exact) mass is 665 g/mol. The second kappa shape index (κ2) is 12.0. The van der Waals surface area contributed by atoms with E-state index in [0.717, 1.165) is 39.0 Å². The fourth-order valence-electron chi connectivity index (χ4n) is 8.33. The van der Waals surface area contributed by atoms with Crippen LogP contribution in [0.15, 0.2) is 199 Å². The molecule has 2 nitrogen and oxygen atoms in total. The number of furan rings is 1. The van der Waals surface area contributed by atoms with Crippen molar-refractivity contribution in [3.8, 4) is 33.4 Å². The van der Waals surface area contributed by atoms with Crippen LogP contribution in [0.3, 0.4) is 0 Å². The molecular formula is C50H35NO. The average molecular weight is 666 g/mol. The standard InChI is InChI=1S/C50H35NO/c1-50(45-20-10-8-17-41(45)42-18-9-11-21-46(42)50)38-27-32-43-44-19-12-22-47(49(44)52-48(43)33-38)51(39-28-23-36(24-29-39)34-13-4-2-5-14-34)40-30-25-37(26-31-40)35-15-6-3-7-16-35/h2-33H,1H3. The van der Waals surface area contributed by atoms with E-state index in [-0.39, 0.29) is 5.41 Å². The molecule has 0 spiro atoms. The molecule has 10 rings (SSSR count). The molecule has 0 bridgehead atoms. The van der Waals surface area contributed by atoms with Gasteiger partial charge in [-0.3, -0.25) is 0 Å². The van der Waals surface area contributed by atoms with Crippen LogP contribution >= 0.6 is 0 Å². The molecule has 0 saturated carbocycles. The minimum Gasteiger partial charge on any atom is -0.454 e. The van der Waals surface area contributed by atoms with Crippen molar-refractivity contribution in [2.24, 2.45) is 0 Å². The predicted octanol–water partition coefficient (Wildman–Crippen LogP) is 13.7. The number of benzene rings is 8. The van der Waals surface area contributed by atoms with Crippen molar-refractivity contribution in [1.29, 1.82) is 0 Å². The molecule has 0 radical (unpaired) electrons. The van der Waals surface area contributed by atoms with Gasteiger partial charge in [0, 0.05) is 27.6 Å². The molecule has 0 saturated heterocycles. The van der Waals surface area contributed by atoms with E-state index in [1.54, 1.807) is 0 Å². The van der Waals surface area contributed by atoms with Crippen molar-refractivity contribution in [3.63, 3.8) is 0 Å². The summed E-state index contributed by atoms with van der Waals surface area (Å²) >= 11 is 0. The van der Waals surface area contributed by atoms with Gasteiger partial charge in [0.05, 0.1) is 5.69 Å². The van der Waals surface area contributed by atoms with E-state index in [4.69, 9.17) is 4.42 Å². The van der Waals surface area contributed by atoms with E-state index in [9.17, 15) is 0 Å². The maximum Gasteiger partial charge on any atom is 0.159 e. The summed E-state index contributed by atoms with van der Waals surface area (Å²) < 4.78 is 6.97. The molecule has 1 aliphatic carbocycles. The highest BCUT2D eigenvalue weighted by Crippen LogP contribution is 2.53. The summed E-state index contributed by atoms with van der Waals surface area (Å²) in [6.45, 7) is 2.35. The number of fused-ring (bicyclic) bond motifs is 6. The molecule has 0 fully saturated rings. The van der Waals surface area contributed by atoms with Crippen molar-refractivity contribution < 1.29 is 4.42 Å². The molecular weight excluding hydrogens is 631 g/mol. The van der Waals surface area contributed by atoms with Gasteiger partial charge in [0.1, 0.15) is 5.58 Å². The number of nitrogens with zero attached hydrogens (tertiary/aromatic N) is 1. The zero-order valence-corrected chi connectivity index (χ0v) is 28.8. The SMILES string of the molecule is CC1(c2ccc3c(c2)oc2c(N(c4ccc(-c5ccccc5)cc4)c4ccc(-c5ccccc5)cc4)cccc23)c2ccccc2-c2ccccc21. The van der Waals surface area contributed by atoms with Gasteiger partial charge in [-0.1, -0.05) is 158 Å². The first-order chi connectivity index (χ1) is 25.7. The van der Waals surface area contributed by atoms with Gasteiger partial charge in [-0.15, -0.1) is 0 Å². The minimum absolute atomic E-state index is 0.295. The molecule has 8 aromatic carbocycles. The van der Waals surface area contributed by atoms with Crippen LogP contribution in [0.1, 0.15) is 23.6 Å². The second-order valence-electron chi connectivity index (χ2n) is 13.8. The maximum absolute atomic E-state index is 6.97. The normalized spacial score (nSPS) is 12.9. The Balaban J connectivity index is 1.13. The third kappa shape index (κ3) is 4.72. The lowest BCUT2D eigenvalue weighted by Gasteiger charge is -2.28. The molecule has 0 N–H and O–H groups in total. The Hall–Kier alpha value is -6.64. The van der Waals surface area contributed by atoms with Crippen LogP contribution in [-0.2, 0) is 5.41 Å². The Kier molecular flexibility index (Phi) is 6.97. The first-order valence-corrected chi connectivity index (χ1v) is 17.9. The molecule has 0 amide bonds. The summed E-state index contributed by atoms with van der Waals surface area (Å²) in [6, 6.07) is 69.7. The van der Waals surface area contributed by atoms with Gasteiger partial charge < -0.3 is 9.32 Å². The minimum atomic E-state index is -0.295. The highest BCUT2D eigenvalue weighted by atomic mass is 16.3. The Morgan fingerprint density at radius 2 is 0.923 bits per heavy atom. The lowest BCUT2D eigenvalue weighted by molar-refractivity contribution is 0.662. The average Bonchev–Trinajstić information content (AvgIpc) is 3.73. The van der Waals surface area contributed by atoms with E-state index in [1.165, 1.54) is 50.1 Å². The van der Waals surface area contributed by atoms with Crippen molar-refractivity contribution in [2.45, 2.75) is 12.3 Å². The van der Waals surface area contributed by atoms with Gasteiger partial charge in [-0.2, -0.15) is 0 Å². The predicted molar refractivity (Wildman–Crippen MR) is 217 cm³/mol. The number of para-hydroxylation sites is 1. The van der Waals surface area contributed by atoms with Crippen molar-refractivity contribution >= 4 is 39.0 Å². The van der Waals surface area contributed by atoms with Crippen molar-refractivity contribution in [1.82, 2.24) is 0 Å². The van der Waals surface area contributed by atoms with Crippen LogP contribution in [0.4, 0.5) is 17.1 Å². The van der Waals surface area contributed by atoms with E-state index in [1.807, 2.05) is 0 Å². The smallest absolute Gasteiger partial charge is 0.159 e. The Bertz CT molecular complexity index is 2600. The van der Waals surface area contributed by atoms with Gasteiger partial charge in [-0.25, -0.2) is 0 Å². The molecule has 1 aromatic heterocycles. The zero-order chi connectivity index (χ0) is 34.6. The van der Waals surface area contributed by atoms with Crippen LogP contribution in [0, 0.1) is 0 Å². The molecule has 1 heterocycles. The molecule has 52 heavy (non-hydrogen) atoms. The third-order valence-corrected chi connectivity index (χ3v) is 11.0. The first-order valence-electron chi connectivity index (χ1n) is 17.9. The highest BCUT2D eigenvalue weighted by molar-refractivity contribution is 6.10. The van der Waals surface area contributed by atoms with Gasteiger partial charge in [0.25, 0.3) is 0 Å². The zero-order valence-electron chi connectivity index (χ0n) is 28.8. The summed E-state index contributed by atoms with van der Waals surface area (Å²) in [7, 11) is 0. The van der Waals surface area contributed by atoms with E-state index in [2.05, 4.69) is 206 Å². The maximum atomic E-state index is 6.97. The molecule has 0 aliphatic heterocycles. The van der Waals surface area contributed by atoms with Crippen LogP contribution in [0.25, 0.3) is 55.3 Å².